The van der Waals surface area contributed by atoms with E-state index in [-0.39, 0.29) is 24.4 Å². The first-order chi connectivity index (χ1) is 14.4. The summed E-state index contributed by atoms with van der Waals surface area (Å²) >= 11 is 1.41. The summed E-state index contributed by atoms with van der Waals surface area (Å²) in [6.07, 6.45) is 4.71. The van der Waals surface area contributed by atoms with Crippen molar-refractivity contribution < 1.29 is 19.1 Å². The number of ether oxygens (including phenoxy) is 1. The fraction of sp³-hybridized carbons (Fsp3) is 0.318. The summed E-state index contributed by atoms with van der Waals surface area (Å²) in [6.45, 7) is 2.66. The topological polar surface area (TPSA) is 102 Å². The zero-order valence-electron chi connectivity index (χ0n) is 16.8. The molecule has 0 atom stereocenters. The van der Waals surface area contributed by atoms with Crippen molar-refractivity contribution in [3.63, 3.8) is 0 Å². The molecule has 0 spiro atoms. The van der Waals surface area contributed by atoms with Gasteiger partial charge in [-0.05, 0) is 30.0 Å². The Kier molecular flexibility index (Phi) is 7.24. The lowest BCUT2D eigenvalue weighted by atomic mass is 10.1. The van der Waals surface area contributed by atoms with E-state index in [1.165, 1.54) is 24.3 Å². The Bertz CT molecular complexity index is 953. The van der Waals surface area contributed by atoms with Gasteiger partial charge in [-0.3, -0.25) is 14.4 Å². The van der Waals surface area contributed by atoms with Crippen LogP contribution in [0.4, 0.5) is 10.7 Å². The standard InChI is InChI=1S/C22H25N3O4S/c1-15(26)29-13-5-8-20(28)25-12-11-17-18(14-25)30-22(21(17)23)24-19(27)10-9-16-6-3-2-4-7-16/h2-4,6-7,9-10H,5,8,11-14,23H2,1H3,(H,24,27)/b10-9+. The Morgan fingerprint density at radius 2 is 2.03 bits per heavy atom. The molecule has 158 valence electrons. The molecule has 0 aliphatic carbocycles. The maximum atomic E-state index is 12.4. The third kappa shape index (κ3) is 5.70. The highest BCUT2D eigenvalue weighted by atomic mass is 32.1. The first-order valence-corrected chi connectivity index (χ1v) is 10.6. The van der Waals surface area contributed by atoms with Crippen molar-refractivity contribution in [1.29, 1.82) is 0 Å². The maximum Gasteiger partial charge on any atom is 0.302 e. The van der Waals surface area contributed by atoms with Gasteiger partial charge in [0, 0.05) is 30.8 Å². The molecule has 1 aliphatic heterocycles. The zero-order valence-corrected chi connectivity index (χ0v) is 17.7. The van der Waals surface area contributed by atoms with Crippen LogP contribution in [0.2, 0.25) is 0 Å². The SMILES string of the molecule is CC(=O)OCCCC(=O)N1CCc2c(sc(NC(=O)/C=C/c3ccccc3)c2N)C1. The van der Waals surface area contributed by atoms with Crippen LogP contribution in [-0.2, 0) is 32.1 Å². The van der Waals surface area contributed by atoms with E-state index in [1.807, 2.05) is 30.3 Å². The summed E-state index contributed by atoms with van der Waals surface area (Å²) in [7, 11) is 0. The molecule has 3 N–H and O–H groups in total. The lowest BCUT2D eigenvalue weighted by molar-refractivity contribution is -0.142. The number of esters is 1. The molecular weight excluding hydrogens is 402 g/mol. The van der Waals surface area contributed by atoms with Crippen LogP contribution in [0.1, 0.15) is 35.8 Å². The number of anilines is 2. The molecule has 0 radical (unpaired) electrons. The lowest BCUT2D eigenvalue weighted by Gasteiger charge is -2.27. The predicted molar refractivity (Wildman–Crippen MR) is 118 cm³/mol. The van der Waals surface area contributed by atoms with E-state index in [9.17, 15) is 14.4 Å². The number of rotatable bonds is 7. The van der Waals surface area contributed by atoms with Crippen LogP contribution in [0.5, 0.6) is 0 Å². The smallest absolute Gasteiger partial charge is 0.302 e. The van der Waals surface area contributed by atoms with Gasteiger partial charge in [0.1, 0.15) is 5.00 Å². The van der Waals surface area contributed by atoms with Gasteiger partial charge >= 0.3 is 5.97 Å². The van der Waals surface area contributed by atoms with E-state index in [4.69, 9.17) is 10.5 Å². The molecule has 30 heavy (non-hydrogen) atoms. The van der Waals surface area contributed by atoms with E-state index in [0.29, 0.717) is 43.0 Å². The average molecular weight is 428 g/mol. The number of hydrogen-bond acceptors (Lipinski definition) is 6. The molecule has 1 aromatic heterocycles. The van der Waals surface area contributed by atoms with Gasteiger partial charge in [0.15, 0.2) is 0 Å². The molecule has 1 aliphatic rings. The molecule has 0 fully saturated rings. The van der Waals surface area contributed by atoms with Crippen LogP contribution < -0.4 is 11.1 Å². The zero-order chi connectivity index (χ0) is 21.5. The molecule has 3 rings (SSSR count). The quantitative estimate of drug-likeness (QED) is 0.401. The Morgan fingerprint density at radius 3 is 2.77 bits per heavy atom. The highest BCUT2D eigenvalue weighted by molar-refractivity contribution is 7.17. The van der Waals surface area contributed by atoms with Crippen molar-refractivity contribution in [3.8, 4) is 0 Å². The first-order valence-electron chi connectivity index (χ1n) is 9.79. The number of thiophene rings is 1. The van der Waals surface area contributed by atoms with Gasteiger partial charge in [0.2, 0.25) is 11.8 Å². The third-order valence-corrected chi connectivity index (χ3v) is 5.90. The maximum absolute atomic E-state index is 12.4. The number of nitrogens with zero attached hydrogens (tertiary/aromatic N) is 1. The van der Waals surface area contributed by atoms with Gasteiger partial charge in [-0.25, -0.2) is 0 Å². The second-order valence-corrected chi connectivity index (χ2v) is 8.09. The molecule has 1 aromatic carbocycles. The fourth-order valence-electron chi connectivity index (χ4n) is 3.22. The Balaban J connectivity index is 1.57. The second-order valence-electron chi connectivity index (χ2n) is 6.99. The molecule has 0 unspecified atom stereocenters. The van der Waals surface area contributed by atoms with E-state index >= 15 is 0 Å². The number of carbonyl (C=O) groups excluding carboxylic acids is 3. The van der Waals surface area contributed by atoms with Gasteiger partial charge < -0.3 is 20.7 Å². The number of carbonyl (C=O) groups is 3. The number of amides is 2. The molecule has 0 saturated carbocycles. The van der Waals surface area contributed by atoms with Crippen LogP contribution in [0.15, 0.2) is 36.4 Å². The number of nitrogen functional groups attached to an aromatic ring is 1. The minimum absolute atomic E-state index is 0.0242. The van der Waals surface area contributed by atoms with Crippen LogP contribution in [0.3, 0.4) is 0 Å². The summed E-state index contributed by atoms with van der Waals surface area (Å²) in [5.74, 6) is -0.564. The Morgan fingerprint density at radius 1 is 1.27 bits per heavy atom. The average Bonchev–Trinajstić information content (AvgIpc) is 3.04. The van der Waals surface area contributed by atoms with Gasteiger partial charge in [-0.15, -0.1) is 11.3 Å². The van der Waals surface area contributed by atoms with E-state index in [2.05, 4.69) is 5.32 Å². The fourth-order valence-corrected chi connectivity index (χ4v) is 4.41. The molecule has 2 heterocycles. The summed E-state index contributed by atoms with van der Waals surface area (Å²) in [4.78, 5) is 38.3. The minimum atomic E-state index is -0.340. The summed E-state index contributed by atoms with van der Waals surface area (Å²) in [5, 5.41) is 3.47. The van der Waals surface area contributed by atoms with E-state index in [0.717, 1.165) is 16.0 Å². The number of hydrogen-bond donors (Lipinski definition) is 2. The number of nitrogens with two attached hydrogens (primary N) is 1. The van der Waals surface area contributed by atoms with Crippen LogP contribution >= 0.6 is 11.3 Å². The van der Waals surface area contributed by atoms with Gasteiger partial charge in [-0.1, -0.05) is 30.3 Å². The third-order valence-electron chi connectivity index (χ3n) is 4.75. The lowest BCUT2D eigenvalue weighted by Crippen LogP contribution is -2.35. The summed E-state index contributed by atoms with van der Waals surface area (Å²) in [6, 6.07) is 9.57. The van der Waals surface area contributed by atoms with Gasteiger partial charge in [0.25, 0.3) is 0 Å². The molecule has 0 saturated heterocycles. The molecule has 7 nitrogen and oxygen atoms in total. The highest BCUT2D eigenvalue weighted by Gasteiger charge is 2.26. The van der Waals surface area contributed by atoms with E-state index in [1.54, 1.807) is 11.0 Å². The molecule has 2 amide bonds. The van der Waals surface area contributed by atoms with Crippen molar-refractivity contribution in [2.45, 2.75) is 32.7 Å². The summed E-state index contributed by atoms with van der Waals surface area (Å²) in [5.41, 5.74) is 8.77. The summed E-state index contributed by atoms with van der Waals surface area (Å²) < 4.78 is 4.87. The van der Waals surface area contributed by atoms with Crippen molar-refractivity contribution in [2.75, 3.05) is 24.2 Å². The van der Waals surface area contributed by atoms with Crippen LogP contribution in [0.25, 0.3) is 6.08 Å². The van der Waals surface area contributed by atoms with Crippen molar-refractivity contribution in [2.24, 2.45) is 0 Å². The van der Waals surface area contributed by atoms with Crippen LogP contribution in [-0.4, -0.2) is 35.8 Å². The monoisotopic (exact) mass is 427 g/mol. The van der Waals surface area contributed by atoms with Gasteiger partial charge in [-0.2, -0.15) is 0 Å². The normalized spacial score (nSPS) is 13.2. The number of fused-ring (bicyclic) bond motifs is 1. The number of benzene rings is 1. The Hall–Kier alpha value is -3.13. The van der Waals surface area contributed by atoms with Crippen molar-refractivity contribution in [1.82, 2.24) is 4.90 Å². The van der Waals surface area contributed by atoms with Gasteiger partial charge in [0.05, 0.1) is 18.8 Å². The van der Waals surface area contributed by atoms with E-state index < -0.39 is 0 Å². The largest absolute Gasteiger partial charge is 0.466 e. The highest BCUT2D eigenvalue weighted by Crippen LogP contribution is 2.39. The predicted octanol–water partition coefficient (Wildman–Crippen LogP) is 3.21. The Labute approximate surface area is 179 Å². The second kappa shape index (κ2) is 10.1. The van der Waals surface area contributed by atoms with Crippen LogP contribution in [0, 0.1) is 0 Å². The minimum Gasteiger partial charge on any atom is -0.466 e. The molecule has 0 bridgehead atoms. The molecule has 2 aromatic rings. The number of nitrogens with one attached hydrogen (secondary N) is 1. The molecule has 8 heteroatoms. The first kappa shape index (κ1) is 21.6. The van der Waals surface area contributed by atoms with Crippen molar-refractivity contribution >= 4 is 45.9 Å². The van der Waals surface area contributed by atoms with Crippen molar-refractivity contribution in [3.05, 3.63) is 52.4 Å². The molecular formula is C22H25N3O4S.